The summed E-state index contributed by atoms with van der Waals surface area (Å²) < 4.78 is 4.17. The summed E-state index contributed by atoms with van der Waals surface area (Å²) in [6.07, 6.45) is 7.34. The van der Waals surface area contributed by atoms with E-state index in [1.54, 1.807) is 0 Å². The van der Waals surface area contributed by atoms with E-state index in [2.05, 4.69) is 82.0 Å². The Balaban J connectivity index is 1.36. The smallest absolute Gasteiger partial charge is 0.219 e. The van der Waals surface area contributed by atoms with Crippen molar-refractivity contribution in [2.75, 3.05) is 0 Å². The molecule has 0 saturated heterocycles. The fourth-order valence-electron chi connectivity index (χ4n) is 4.66. The Labute approximate surface area is 181 Å². The first-order chi connectivity index (χ1) is 15.1. The maximum Gasteiger partial charge on any atom is 0.219 e. The summed E-state index contributed by atoms with van der Waals surface area (Å²) >= 11 is 0. The van der Waals surface area contributed by atoms with Gasteiger partial charge in [0.1, 0.15) is 0 Å². The minimum atomic E-state index is 0.119. The Bertz CT molecular complexity index is 1220. The number of fused-ring (bicyclic) bond motifs is 1. The highest BCUT2D eigenvalue weighted by Crippen LogP contribution is 2.34. The van der Waals surface area contributed by atoms with Crippen molar-refractivity contribution < 1.29 is 4.79 Å². The van der Waals surface area contributed by atoms with Crippen LogP contribution >= 0.6 is 0 Å². The van der Waals surface area contributed by atoms with Gasteiger partial charge in [-0.1, -0.05) is 42.5 Å². The first kappa shape index (κ1) is 19.5. The van der Waals surface area contributed by atoms with Crippen molar-refractivity contribution in [1.82, 2.24) is 24.9 Å². The highest BCUT2D eigenvalue weighted by atomic mass is 16.1. The van der Waals surface area contributed by atoms with Gasteiger partial charge in [-0.05, 0) is 48.6 Å². The lowest BCUT2D eigenvalue weighted by Crippen LogP contribution is -2.32. The molecule has 0 bridgehead atoms. The Morgan fingerprint density at radius 1 is 1.06 bits per heavy atom. The Morgan fingerprint density at radius 3 is 2.65 bits per heavy atom. The van der Waals surface area contributed by atoms with Crippen LogP contribution in [0, 0.1) is 0 Å². The Hall–Kier alpha value is -3.41. The van der Waals surface area contributed by atoms with Gasteiger partial charge in [-0.15, -0.1) is 5.10 Å². The number of hydrogen-bond acceptors (Lipinski definition) is 3. The molecule has 1 amide bonds. The molecule has 4 aromatic rings. The largest absolute Gasteiger partial charge is 0.353 e. The van der Waals surface area contributed by atoms with Gasteiger partial charge in [0.15, 0.2) is 0 Å². The first-order valence-corrected chi connectivity index (χ1v) is 11.0. The van der Waals surface area contributed by atoms with Crippen LogP contribution in [-0.4, -0.2) is 31.5 Å². The number of aromatic nitrogens is 4. The second-order valence-corrected chi connectivity index (χ2v) is 8.43. The van der Waals surface area contributed by atoms with Crippen LogP contribution in [0.3, 0.4) is 0 Å². The predicted octanol–water partition coefficient (Wildman–Crippen LogP) is 4.72. The van der Waals surface area contributed by atoms with E-state index < -0.39 is 0 Å². The molecule has 6 nitrogen and oxygen atoms in total. The lowest BCUT2D eigenvalue weighted by molar-refractivity contribution is -0.121. The van der Waals surface area contributed by atoms with Crippen molar-refractivity contribution in [2.45, 2.75) is 44.7 Å². The van der Waals surface area contributed by atoms with Crippen LogP contribution in [0.2, 0.25) is 0 Å². The van der Waals surface area contributed by atoms with E-state index >= 15 is 0 Å². The summed E-state index contributed by atoms with van der Waals surface area (Å²) in [5, 5.41) is 12.9. The normalized spacial score (nSPS) is 18.5. The fourth-order valence-corrected chi connectivity index (χ4v) is 4.66. The minimum absolute atomic E-state index is 0.119. The summed E-state index contributed by atoms with van der Waals surface area (Å²) in [4.78, 5) is 11.7. The molecule has 1 N–H and O–H groups in total. The minimum Gasteiger partial charge on any atom is -0.353 e. The summed E-state index contributed by atoms with van der Waals surface area (Å²) in [5.41, 5.74) is 5.77. The van der Waals surface area contributed by atoms with Gasteiger partial charge in [-0.25, -0.2) is 4.68 Å². The van der Waals surface area contributed by atoms with E-state index in [1.165, 1.54) is 22.0 Å². The van der Waals surface area contributed by atoms with Gasteiger partial charge < -0.3 is 9.88 Å². The molecule has 0 unspecified atom stereocenters. The molecule has 2 heterocycles. The number of amides is 1. The van der Waals surface area contributed by atoms with Crippen molar-refractivity contribution in [3.05, 3.63) is 60.9 Å². The van der Waals surface area contributed by atoms with Crippen molar-refractivity contribution in [2.24, 2.45) is 7.05 Å². The molecule has 1 aliphatic rings. The third-order valence-corrected chi connectivity index (χ3v) is 6.41. The maximum absolute atomic E-state index is 11.7. The van der Waals surface area contributed by atoms with E-state index in [0.717, 1.165) is 30.5 Å². The lowest BCUT2D eigenvalue weighted by Gasteiger charge is -2.15. The summed E-state index contributed by atoms with van der Waals surface area (Å²) in [5.74, 6) is 0.119. The quantitative estimate of drug-likeness (QED) is 0.515. The highest BCUT2D eigenvalue weighted by Gasteiger charge is 2.29. The summed E-state index contributed by atoms with van der Waals surface area (Å²) in [6.45, 7) is 1.89. The molecule has 2 aromatic carbocycles. The van der Waals surface area contributed by atoms with Gasteiger partial charge in [0.25, 0.3) is 0 Å². The number of benzene rings is 2. The topological polar surface area (TPSA) is 64.7 Å². The number of aryl methyl sites for hydroxylation is 1. The molecule has 31 heavy (non-hydrogen) atoms. The Morgan fingerprint density at radius 2 is 1.84 bits per heavy atom. The van der Waals surface area contributed by atoms with Gasteiger partial charge in [0.2, 0.25) is 5.91 Å². The third kappa shape index (κ3) is 3.74. The zero-order valence-corrected chi connectivity index (χ0v) is 18.0. The molecule has 1 aliphatic carbocycles. The molecule has 1 fully saturated rings. The van der Waals surface area contributed by atoms with Gasteiger partial charge in [-0.3, -0.25) is 4.79 Å². The molecule has 0 aliphatic heterocycles. The number of nitrogens with one attached hydrogen (secondary N) is 1. The molecule has 1 saturated carbocycles. The van der Waals surface area contributed by atoms with E-state index in [1.807, 2.05) is 17.8 Å². The van der Waals surface area contributed by atoms with E-state index in [9.17, 15) is 4.79 Å². The second kappa shape index (κ2) is 8.02. The van der Waals surface area contributed by atoms with E-state index in [-0.39, 0.29) is 18.0 Å². The molecule has 2 atom stereocenters. The molecular weight excluding hydrogens is 386 g/mol. The maximum atomic E-state index is 11.7. The van der Waals surface area contributed by atoms with E-state index in [0.29, 0.717) is 6.42 Å². The number of rotatable bonds is 5. The predicted molar refractivity (Wildman–Crippen MR) is 122 cm³/mol. The second-order valence-electron chi connectivity index (χ2n) is 8.43. The molecule has 2 aromatic heterocycles. The van der Waals surface area contributed by atoms with Crippen LogP contribution in [0.4, 0.5) is 0 Å². The summed E-state index contributed by atoms with van der Waals surface area (Å²) in [6, 6.07) is 17.8. The zero-order chi connectivity index (χ0) is 21.4. The van der Waals surface area contributed by atoms with Crippen molar-refractivity contribution in [3.63, 3.8) is 0 Å². The summed E-state index contributed by atoms with van der Waals surface area (Å²) in [7, 11) is 2.07. The lowest BCUT2D eigenvalue weighted by atomic mass is 10.0. The average molecular weight is 414 g/mol. The van der Waals surface area contributed by atoms with Crippen LogP contribution in [0.1, 0.15) is 38.6 Å². The number of hydrogen-bond donors (Lipinski definition) is 1. The van der Waals surface area contributed by atoms with Gasteiger partial charge in [-0.2, -0.15) is 0 Å². The van der Waals surface area contributed by atoms with Crippen LogP contribution in [-0.2, 0) is 11.8 Å². The Kier molecular flexibility index (Phi) is 5.06. The van der Waals surface area contributed by atoms with Crippen molar-refractivity contribution in [3.8, 4) is 22.4 Å². The SMILES string of the molecule is CCC(=O)N[C@H]1CC[C@@H](n2nncc2-c2ccc(-c3ccc4c(ccn4C)c3)cc2)C1. The first-order valence-electron chi connectivity index (χ1n) is 11.0. The molecule has 5 rings (SSSR count). The number of nitrogens with zero attached hydrogens (tertiary/aromatic N) is 4. The molecular formula is C25H27N5O. The van der Waals surface area contributed by atoms with Gasteiger partial charge in [0, 0.05) is 42.2 Å². The van der Waals surface area contributed by atoms with Crippen molar-refractivity contribution >= 4 is 16.8 Å². The van der Waals surface area contributed by atoms with Crippen molar-refractivity contribution in [1.29, 1.82) is 0 Å². The zero-order valence-electron chi connectivity index (χ0n) is 18.0. The van der Waals surface area contributed by atoms with Crippen LogP contribution in [0.25, 0.3) is 33.3 Å². The standard InChI is InChI=1S/C25H27N5O/c1-3-25(31)27-21-9-10-22(15-21)30-24(16-26-28-30)18-6-4-17(5-7-18)19-8-11-23-20(14-19)12-13-29(23)2/h4-8,11-14,16,21-22H,3,9-10,15H2,1-2H3,(H,27,31)/t21-,22+/m0/s1. The molecule has 6 heteroatoms. The molecule has 0 spiro atoms. The third-order valence-electron chi connectivity index (χ3n) is 6.41. The van der Waals surface area contributed by atoms with Crippen LogP contribution in [0.5, 0.6) is 0 Å². The van der Waals surface area contributed by atoms with Crippen LogP contribution in [0.15, 0.2) is 60.9 Å². The van der Waals surface area contributed by atoms with E-state index in [4.69, 9.17) is 0 Å². The van der Waals surface area contributed by atoms with Gasteiger partial charge >= 0.3 is 0 Å². The average Bonchev–Trinajstić information content (AvgIpc) is 3.54. The number of carbonyl (C=O) groups excluding carboxylic acids is 1. The van der Waals surface area contributed by atoms with Crippen LogP contribution < -0.4 is 5.32 Å². The highest BCUT2D eigenvalue weighted by molar-refractivity contribution is 5.86. The number of carbonyl (C=O) groups is 1. The fraction of sp³-hybridized carbons (Fsp3) is 0.320. The molecule has 158 valence electrons. The monoisotopic (exact) mass is 413 g/mol. The van der Waals surface area contributed by atoms with Gasteiger partial charge in [0.05, 0.1) is 17.9 Å². The molecule has 0 radical (unpaired) electrons.